The molecule has 2 aromatic rings. The number of halogens is 2. The van der Waals surface area contributed by atoms with Gasteiger partial charge in [0.1, 0.15) is 5.75 Å². The topological polar surface area (TPSA) is 66.9 Å². The Balaban J connectivity index is 1.57. The van der Waals surface area contributed by atoms with Gasteiger partial charge in [-0.15, -0.1) is 0 Å². The maximum absolute atomic E-state index is 13.5. The fourth-order valence-corrected chi connectivity index (χ4v) is 4.89. The molecule has 1 amide bonds. The van der Waals surface area contributed by atoms with Crippen LogP contribution in [0.4, 0.5) is 14.5 Å². The third kappa shape index (κ3) is 5.13. The number of benzene rings is 2. The van der Waals surface area contributed by atoms with E-state index >= 15 is 0 Å². The number of amides is 1. The highest BCUT2D eigenvalue weighted by Crippen LogP contribution is 2.34. The number of sulfone groups is 1. The second kappa shape index (κ2) is 8.59. The molecule has 1 fully saturated rings. The molecular weight excluding hydrogens is 450 g/mol. The van der Waals surface area contributed by atoms with E-state index in [1.165, 1.54) is 18.2 Å². The van der Waals surface area contributed by atoms with Crippen molar-refractivity contribution in [3.05, 3.63) is 53.1 Å². The van der Waals surface area contributed by atoms with Gasteiger partial charge in [0.25, 0.3) is 11.8 Å². The predicted molar refractivity (Wildman–Crippen MR) is 122 cm³/mol. The molecule has 33 heavy (non-hydrogen) atoms. The molecule has 0 atom stereocenters. The Morgan fingerprint density at radius 2 is 1.70 bits per heavy atom. The molecule has 2 aliphatic heterocycles. The number of carbonyl (C=O) groups excluding carboxylic acids is 1. The summed E-state index contributed by atoms with van der Waals surface area (Å²) < 4.78 is 56.9. The maximum atomic E-state index is 13.5. The summed E-state index contributed by atoms with van der Waals surface area (Å²) in [5.41, 5.74) is 3.03. The van der Waals surface area contributed by atoms with E-state index in [9.17, 15) is 22.0 Å². The molecule has 0 N–H and O–H groups in total. The maximum Gasteiger partial charge on any atom is 0.258 e. The molecule has 178 valence electrons. The second-order valence-corrected chi connectivity index (χ2v) is 11.1. The van der Waals surface area contributed by atoms with E-state index in [4.69, 9.17) is 4.74 Å². The highest BCUT2D eigenvalue weighted by molar-refractivity contribution is 7.90. The minimum atomic E-state index is -3.49. The highest BCUT2D eigenvalue weighted by atomic mass is 32.2. The van der Waals surface area contributed by atoms with Crippen LogP contribution < -0.4 is 9.64 Å². The Morgan fingerprint density at radius 3 is 2.33 bits per heavy atom. The van der Waals surface area contributed by atoms with Crippen LogP contribution in [-0.2, 0) is 22.9 Å². The summed E-state index contributed by atoms with van der Waals surface area (Å²) in [5, 5.41) is 0. The molecule has 0 bridgehead atoms. The number of hydrogen-bond acceptors (Lipinski definition) is 5. The minimum absolute atomic E-state index is 0.0582. The van der Waals surface area contributed by atoms with Gasteiger partial charge in [0.15, 0.2) is 9.84 Å². The minimum Gasteiger partial charge on any atom is -0.490 e. The fourth-order valence-electron chi connectivity index (χ4n) is 4.25. The largest absolute Gasteiger partial charge is 0.490 e. The van der Waals surface area contributed by atoms with Gasteiger partial charge < -0.3 is 14.5 Å². The second-order valence-electron chi connectivity index (χ2n) is 9.05. The molecule has 0 spiro atoms. The van der Waals surface area contributed by atoms with Gasteiger partial charge in [0.2, 0.25) is 0 Å². The van der Waals surface area contributed by atoms with Crippen molar-refractivity contribution in [3.8, 4) is 5.75 Å². The van der Waals surface area contributed by atoms with Crippen molar-refractivity contribution in [2.75, 3.05) is 24.2 Å². The zero-order valence-corrected chi connectivity index (χ0v) is 19.8. The summed E-state index contributed by atoms with van der Waals surface area (Å²) in [6.07, 6.45) is 0.591. The number of alkyl halides is 2. The van der Waals surface area contributed by atoms with E-state index in [1.54, 1.807) is 4.90 Å². The van der Waals surface area contributed by atoms with Crippen LogP contribution in [0.25, 0.3) is 0 Å². The normalized spacial score (nSPS) is 17.9. The number of rotatable bonds is 5. The number of ether oxygens (including phenoxy) is 1. The van der Waals surface area contributed by atoms with E-state index in [2.05, 4.69) is 0 Å². The molecule has 0 aliphatic carbocycles. The molecule has 0 radical (unpaired) electrons. The van der Waals surface area contributed by atoms with E-state index < -0.39 is 15.8 Å². The Labute approximate surface area is 193 Å². The van der Waals surface area contributed by atoms with Crippen LogP contribution in [0.1, 0.15) is 48.2 Å². The molecule has 2 heterocycles. The number of nitrogens with zero attached hydrogens (tertiary/aromatic N) is 2. The average molecular weight is 479 g/mol. The van der Waals surface area contributed by atoms with Gasteiger partial charge in [-0.05, 0) is 55.3 Å². The van der Waals surface area contributed by atoms with Crippen molar-refractivity contribution in [2.45, 2.75) is 56.7 Å². The summed E-state index contributed by atoms with van der Waals surface area (Å²) in [7, 11) is -3.49. The standard InChI is InChI=1S/C24H28F2N2O4S/c1-16(2)32-22-7-6-20(33(3,30)31)13-21(22)23(29)28-14-17-4-5-19(12-18(17)15-28)27-10-8-24(25,26)9-11-27/h4-7,12-13,16H,8-11,14-15H2,1-3H3. The van der Waals surface area contributed by atoms with Crippen LogP contribution in [-0.4, -0.2) is 50.6 Å². The Morgan fingerprint density at radius 1 is 1.03 bits per heavy atom. The first-order valence-electron chi connectivity index (χ1n) is 11.0. The van der Waals surface area contributed by atoms with Crippen molar-refractivity contribution in [1.29, 1.82) is 0 Å². The van der Waals surface area contributed by atoms with Crippen molar-refractivity contribution in [3.63, 3.8) is 0 Å². The molecule has 4 rings (SSSR count). The quantitative estimate of drug-likeness (QED) is 0.642. The van der Waals surface area contributed by atoms with Crippen LogP contribution in [0, 0.1) is 0 Å². The summed E-state index contributed by atoms with van der Waals surface area (Å²) in [5.74, 6) is -2.58. The molecule has 0 aromatic heterocycles. The lowest BCUT2D eigenvalue weighted by Crippen LogP contribution is -2.39. The van der Waals surface area contributed by atoms with Gasteiger partial charge in [0, 0.05) is 51.0 Å². The number of anilines is 1. The van der Waals surface area contributed by atoms with E-state index in [0.29, 0.717) is 31.9 Å². The molecule has 2 aliphatic rings. The van der Waals surface area contributed by atoms with E-state index in [1.807, 2.05) is 36.9 Å². The summed E-state index contributed by atoms with van der Waals surface area (Å²) >= 11 is 0. The fraction of sp³-hybridized carbons (Fsp3) is 0.458. The first kappa shape index (κ1) is 23.5. The van der Waals surface area contributed by atoms with Crippen molar-refractivity contribution in [1.82, 2.24) is 4.90 Å². The summed E-state index contributed by atoms with van der Waals surface area (Å²) in [6.45, 7) is 5.00. The highest BCUT2D eigenvalue weighted by Gasteiger charge is 2.34. The molecular formula is C24H28F2N2O4S. The van der Waals surface area contributed by atoms with Gasteiger partial charge in [-0.3, -0.25) is 4.79 Å². The molecule has 2 aromatic carbocycles. The third-order valence-electron chi connectivity index (χ3n) is 6.03. The Hall–Kier alpha value is -2.68. The van der Waals surface area contributed by atoms with Crippen molar-refractivity contribution >= 4 is 21.4 Å². The number of piperidine rings is 1. The number of fused-ring (bicyclic) bond motifs is 1. The van der Waals surface area contributed by atoms with Gasteiger partial charge in [-0.1, -0.05) is 6.07 Å². The van der Waals surface area contributed by atoms with Crippen molar-refractivity contribution < 1.29 is 26.7 Å². The lowest BCUT2D eigenvalue weighted by atomic mass is 10.0. The smallest absolute Gasteiger partial charge is 0.258 e. The Kier molecular flexibility index (Phi) is 6.11. The zero-order chi connectivity index (χ0) is 24.0. The van der Waals surface area contributed by atoms with Crippen LogP contribution >= 0.6 is 0 Å². The lowest BCUT2D eigenvalue weighted by Gasteiger charge is -2.33. The molecule has 6 nitrogen and oxygen atoms in total. The van der Waals surface area contributed by atoms with Gasteiger partial charge in [-0.25, -0.2) is 17.2 Å². The van der Waals surface area contributed by atoms with Gasteiger partial charge >= 0.3 is 0 Å². The molecule has 9 heteroatoms. The van der Waals surface area contributed by atoms with Crippen molar-refractivity contribution in [2.24, 2.45) is 0 Å². The zero-order valence-electron chi connectivity index (χ0n) is 19.0. The summed E-state index contributed by atoms with van der Waals surface area (Å²) in [6, 6.07) is 10.1. The monoisotopic (exact) mass is 478 g/mol. The van der Waals surface area contributed by atoms with Gasteiger partial charge in [-0.2, -0.15) is 0 Å². The third-order valence-corrected chi connectivity index (χ3v) is 7.14. The van der Waals surface area contributed by atoms with Crippen LogP contribution in [0.2, 0.25) is 0 Å². The number of hydrogen-bond donors (Lipinski definition) is 0. The first-order chi connectivity index (χ1) is 15.4. The lowest BCUT2D eigenvalue weighted by molar-refractivity contribution is -0.0220. The van der Waals surface area contributed by atoms with E-state index in [0.717, 1.165) is 23.1 Å². The number of carbonyl (C=O) groups is 1. The van der Waals surface area contributed by atoms with Crippen LogP contribution in [0.5, 0.6) is 5.75 Å². The SMILES string of the molecule is CC(C)Oc1ccc(S(C)(=O)=O)cc1C(=O)N1Cc2ccc(N3CCC(F)(F)CC3)cc2C1. The molecule has 0 unspecified atom stereocenters. The van der Waals surface area contributed by atoms with Crippen LogP contribution in [0.15, 0.2) is 41.3 Å². The van der Waals surface area contributed by atoms with Crippen LogP contribution in [0.3, 0.4) is 0 Å². The summed E-state index contributed by atoms with van der Waals surface area (Å²) in [4.78, 5) is 17.1. The Bertz CT molecular complexity index is 1170. The van der Waals surface area contributed by atoms with Gasteiger partial charge in [0.05, 0.1) is 16.6 Å². The first-order valence-corrected chi connectivity index (χ1v) is 12.9. The average Bonchev–Trinajstić information content (AvgIpc) is 3.15. The van der Waals surface area contributed by atoms with E-state index in [-0.39, 0.29) is 35.3 Å². The molecule has 0 saturated carbocycles. The predicted octanol–water partition coefficient (Wildman–Crippen LogP) is 4.27. The molecule has 1 saturated heterocycles.